The first-order valence-corrected chi connectivity index (χ1v) is 18.4. The van der Waals surface area contributed by atoms with Crippen LogP contribution >= 0.6 is 0 Å². The van der Waals surface area contributed by atoms with E-state index in [0.717, 1.165) is 0 Å². The molecule has 4 aliphatic heterocycles. The average molecular weight is 984 g/mol. The van der Waals surface area contributed by atoms with Crippen LogP contribution in [0.15, 0.2) is 178 Å². The molecule has 298 valence electrons. The van der Waals surface area contributed by atoms with Crippen molar-refractivity contribution in [1.29, 1.82) is 0 Å². The van der Waals surface area contributed by atoms with Crippen LogP contribution in [0, 0.1) is 5.92 Å². The zero-order valence-corrected chi connectivity index (χ0v) is 33.7. The minimum Gasteiger partial charge on any atom is -0.478 e. The molecule has 5 aromatic rings. The number of carboxylic acid groups (broad SMARTS) is 4. The maximum atomic E-state index is 11.8. The van der Waals surface area contributed by atoms with E-state index in [4.69, 9.17) is 20.0 Å². The van der Waals surface area contributed by atoms with Crippen LogP contribution in [0.5, 0.6) is 0 Å². The van der Waals surface area contributed by atoms with Crippen LogP contribution in [-0.2, 0) is 21.1 Å². The smallest absolute Gasteiger partial charge is 0.478 e. The third-order valence-electron chi connectivity index (χ3n) is 10.3. The van der Waals surface area contributed by atoms with Crippen molar-refractivity contribution in [2.24, 2.45) is 15.0 Å². The number of aromatic nitrogens is 1. The van der Waals surface area contributed by atoms with Gasteiger partial charge in [0.2, 0.25) is 0 Å². The van der Waals surface area contributed by atoms with Gasteiger partial charge < -0.3 is 25.4 Å². The maximum Gasteiger partial charge on any atom is 2.00 e. The van der Waals surface area contributed by atoms with Gasteiger partial charge in [-0.25, -0.2) is 24.2 Å². The van der Waals surface area contributed by atoms with E-state index >= 15 is 0 Å². The van der Waals surface area contributed by atoms with E-state index in [0.29, 0.717) is 90.5 Å². The van der Waals surface area contributed by atoms with E-state index in [9.17, 15) is 39.6 Å². The van der Waals surface area contributed by atoms with Crippen molar-refractivity contribution in [1.82, 2.24) is 4.98 Å². The molecule has 0 spiro atoms. The van der Waals surface area contributed by atoms with Crippen LogP contribution in [0.2, 0.25) is 0 Å². The zero-order valence-electron chi connectivity index (χ0n) is 31.4. The predicted molar refractivity (Wildman–Crippen MR) is 224 cm³/mol. The Kier molecular flexibility index (Phi) is 10.5. The number of rotatable bonds is 8. The molecule has 9 rings (SSSR count). The van der Waals surface area contributed by atoms with Gasteiger partial charge in [-0.1, -0.05) is 84.0 Å². The molecule has 5 heterocycles. The molecule has 1 aromatic heterocycles. The first kappa shape index (κ1) is 39.9. The Labute approximate surface area is 361 Å². The summed E-state index contributed by atoms with van der Waals surface area (Å²) in [7, 11) is 0. The Bertz CT molecular complexity index is 3000. The zero-order chi connectivity index (χ0) is 41.7. The van der Waals surface area contributed by atoms with Crippen molar-refractivity contribution in [3.05, 3.63) is 225 Å². The molecule has 0 saturated carbocycles. The fourth-order valence-corrected chi connectivity index (χ4v) is 7.39. The number of hydrogen-bond acceptors (Lipinski definition) is 8. The monoisotopic (exact) mass is 983 g/mol. The minimum absolute atomic E-state index is 0. The molecule has 13 heteroatoms. The van der Waals surface area contributed by atoms with Gasteiger partial charge in [0.1, 0.15) is 0 Å². The molecule has 0 atom stereocenters. The number of hydrogen-bond donors (Lipinski definition) is 4. The number of carbonyl (C=O) groups is 4. The molecule has 4 N–H and O–H groups in total. The summed E-state index contributed by atoms with van der Waals surface area (Å²) in [4.78, 5) is 67.8. The number of allylic oxidation sites excluding steroid dienone is 7. The molecule has 0 radical (unpaired) electrons. The Morgan fingerprint density at radius 2 is 0.852 bits per heavy atom. The number of aliphatic imine (C=N–C) groups is 3. The molecule has 4 aliphatic rings. The third kappa shape index (κ3) is 7.48. The normalized spacial score (nSPS) is 15.1. The van der Waals surface area contributed by atoms with Gasteiger partial charge in [-0.3, -0.25) is 9.98 Å². The van der Waals surface area contributed by atoms with Gasteiger partial charge in [0.05, 0.1) is 33.8 Å². The Morgan fingerprint density at radius 3 is 1.33 bits per heavy atom. The fourth-order valence-electron chi connectivity index (χ4n) is 7.39. The van der Waals surface area contributed by atoms with E-state index in [2.05, 4.69) is 0 Å². The van der Waals surface area contributed by atoms with E-state index in [-0.39, 0.29) is 43.3 Å². The summed E-state index contributed by atoms with van der Waals surface area (Å²) in [6, 6.07) is 29.3. The van der Waals surface area contributed by atoms with Crippen LogP contribution in [0.1, 0.15) is 75.1 Å². The predicted octanol–water partition coefficient (Wildman–Crippen LogP) is 8.19. The van der Waals surface area contributed by atoms with Crippen molar-refractivity contribution >= 4 is 57.7 Å². The Balaban J connectivity index is 0.00000514. The van der Waals surface area contributed by atoms with Gasteiger partial charge in [0.25, 0.3) is 0 Å². The van der Waals surface area contributed by atoms with Gasteiger partial charge in [-0.15, -0.1) is 29.8 Å². The topological polar surface area (TPSA) is 199 Å². The minimum atomic E-state index is -1.07. The summed E-state index contributed by atoms with van der Waals surface area (Å²) in [5, 5.41) is 38.7. The molecule has 8 bridgehead atoms. The van der Waals surface area contributed by atoms with Gasteiger partial charge in [0, 0.05) is 28.3 Å². The van der Waals surface area contributed by atoms with Crippen molar-refractivity contribution < 1.29 is 60.7 Å². The van der Waals surface area contributed by atoms with Gasteiger partial charge in [-0.2, -0.15) is 0 Å². The number of fused-ring (bicyclic) bond motifs is 5. The summed E-state index contributed by atoms with van der Waals surface area (Å²) in [6.45, 7) is 0. The van der Waals surface area contributed by atoms with Gasteiger partial charge in [0.15, 0.2) is 0 Å². The molecule has 0 fully saturated rings. The van der Waals surface area contributed by atoms with Gasteiger partial charge >= 0.3 is 44.9 Å². The molecule has 12 nitrogen and oxygen atoms in total. The van der Waals surface area contributed by atoms with Gasteiger partial charge in [-0.05, 0) is 82.6 Å². The second kappa shape index (κ2) is 16.0. The summed E-state index contributed by atoms with van der Waals surface area (Å²) < 4.78 is 0. The molecule has 0 aliphatic carbocycles. The molecule has 0 amide bonds. The van der Waals surface area contributed by atoms with E-state index < -0.39 is 23.9 Å². The van der Waals surface area contributed by atoms with E-state index in [1.807, 2.05) is 48.6 Å². The number of aromatic carboxylic acids is 4. The molecule has 0 saturated heterocycles. The van der Waals surface area contributed by atoms with Crippen molar-refractivity contribution in [3.8, 4) is 0 Å². The Morgan fingerprint density at radius 1 is 0.459 bits per heavy atom. The molecular weight excluding hydrogens is 956 g/mol. The molecule has 61 heavy (non-hydrogen) atoms. The Hall–Kier alpha value is -7.95. The van der Waals surface area contributed by atoms with E-state index in [1.165, 1.54) is 48.5 Å². The first-order valence-electron chi connectivity index (χ1n) is 18.4. The quantitative estimate of drug-likeness (QED) is 0.111. The van der Waals surface area contributed by atoms with Crippen molar-refractivity contribution in [2.75, 3.05) is 0 Å². The van der Waals surface area contributed by atoms with Crippen LogP contribution in [0.3, 0.4) is 0 Å². The fraction of sp³-hybridized carbons (Fsp3) is 0. The van der Waals surface area contributed by atoms with Crippen LogP contribution < -0.4 is 0 Å². The van der Waals surface area contributed by atoms with Crippen LogP contribution in [0.25, 0.3) is 16.7 Å². The van der Waals surface area contributed by atoms with Crippen molar-refractivity contribution in [2.45, 2.75) is 0 Å². The molecular formula is C48H28N4O8Pt. The van der Waals surface area contributed by atoms with Crippen molar-refractivity contribution in [3.63, 3.8) is 0 Å². The second-order valence-corrected chi connectivity index (χ2v) is 13.9. The summed E-state index contributed by atoms with van der Waals surface area (Å²) in [5.41, 5.74) is 8.93. The average Bonchev–Trinajstić information content (AvgIpc) is 4.10. The molecule has 0 unspecified atom stereocenters. The SMILES string of the molecule is O=C(O)c1ccc(C2=C3C=CC(=N3)[C-](c3ccc(C(=O)O)cc3)C3=NC(=C(c4ccc(C(=O)O)cc4)c4[cH-]cc(n4)C(c4ccc(C(=O)O)cc4)=C4C=CC2=N4)C=C3)cc1.[Pt+2]. The summed E-state index contributed by atoms with van der Waals surface area (Å²) >= 11 is 0. The summed E-state index contributed by atoms with van der Waals surface area (Å²) in [5.74, 6) is -3.70. The number of benzene rings is 4. The largest absolute Gasteiger partial charge is 2.00 e. The third-order valence-corrected chi connectivity index (χ3v) is 10.3. The number of carboxylic acids is 4. The van der Waals surface area contributed by atoms with E-state index in [1.54, 1.807) is 48.5 Å². The first-order chi connectivity index (χ1) is 29.0. The van der Waals surface area contributed by atoms with Crippen LogP contribution in [0.4, 0.5) is 0 Å². The second-order valence-electron chi connectivity index (χ2n) is 13.9. The standard InChI is InChI=1S/C48H28N4O8.Pt/c53-45(54)29-9-1-25(2-10-29)41-33-17-19-35(49-33)42(26-3-11-30(12-4-26)46(55)56)37-21-23-39(51-37)44(28-7-15-32(16-8-28)48(59)60)40-24-22-38(52-40)43(36-20-18-34(41)50-36)27-5-13-31(14-6-27)47(57)58;/h1-24H,(H,53,54)(H,55,56)(H,57,58)(H,59,60);/q-2;+2. The maximum absolute atomic E-state index is 11.8. The summed E-state index contributed by atoms with van der Waals surface area (Å²) in [6.07, 6.45) is 11.0. The van der Waals surface area contributed by atoms with Crippen LogP contribution in [-0.4, -0.2) is 66.4 Å². The molecule has 4 aromatic carbocycles. The number of nitrogens with zero attached hydrogens (tertiary/aromatic N) is 4.